The zero-order chi connectivity index (χ0) is 26.5. The minimum absolute atomic E-state index is 0.0688. The lowest BCUT2D eigenvalue weighted by atomic mass is 10.0. The monoisotopic (exact) mass is 511 g/mol. The fraction of sp³-hybridized carbons (Fsp3) is 0.161. The van der Waals surface area contributed by atoms with Crippen molar-refractivity contribution in [2.75, 3.05) is 19.1 Å². The average Bonchev–Trinajstić information content (AvgIpc) is 2.93. The van der Waals surface area contributed by atoms with Gasteiger partial charge in [-0.05, 0) is 91.2 Å². The van der Waals surface area contributed by atoms with Gasteiger partial charge in [-0.15, -0.1) is 0 Å². The summed E-state index contributed by atoms with van der Waals surface area (Å²) in [6, 6.07) is 26.3. The minimum Gasteiger partial charge on any atom is -0.496 e. The number of ether oxygens (including phenoxy) is 1. The third kappa shape index (κ3) is 6.04. The van der Waals surface area contributed by atoms with Crippen LogP contribution in [0.25, 0.3) is 0 Å². The van der Waals surface area contributed by atoms with Crippen molar-refractivity contribution in [1.82, 2.24) is 0 Å². The first kappa shape index (κ1) is 26.0. The third-order valence-corrected chi connectivity index (χ3v) is 7.24. The van der Waals surface area contributed by atoms with Gasteiger partial charge < -0.3 is 14.7 Å². The second-order valence-corrected chi connectivity index (χ2v) is 9.89. The molecule has 0 bridgehead atoms. The lowest BCUT2D eigenvalue weighted by molar-refractivity contribution is 0.0696. The van der Waals surface area contributed by atoms with Crippen LogP contribution in [0.1, 0.15) is 44.3 Å². The van der Waals surface area contributed by atoms with E-state index in [4.69, 9.17) is 4.74 Å². The van der Waals surface area contributed by atoms with Crippen molar-refractivity contribution >= 4 is 34.9 Å². The first-order valence-corrected chi connectivity index (χ1v) is 12.8. The van der Waals surface area contributed by atoms with Crippen molar-refractivity contribution in [2.45, 2.75) is 30.1 Å². The normalized spacial score (nSPS) is 10.7. The van der Waals surface area contributed by atoms with Gasteiger partial charge in [-0.1, -0.05) is 36.9 Å². The summed E-state index contributed by atoms with van der Waals surface area (Å²) in [5.74, 6) is -0.556. The number of anilines is 2. The van der Waals surface area contributed by atoms with Crippen LogP contribution in [-0.2, 0) is 6.42 Å². The van der Waals surface area contributed by atoms with E-state index in [9.17, 15) is 14.7 Å². The van der Waals surface area contributed by atoms with Gasteiger partial charge in [-0.3, -0.25) is 4.79 Å². The molecule has 188 valence electrons. The highest BCUT2D eigenvalue weighted by Crippen LogP contribution is 2.33. The number of carbonyl (C=O) groups excluding carboxylic acids is 1. The predicted molar refractivity (Wildman–Crippen MR) is 149 cm³/mol. The molecule has 0 spiro atoms. The Hall–Kier alpha value is -4.03. The van der Waals surface area contributed by atoms with E-state index < -0.39 is 5.97 Å². The number of aryl methyl sites for hydroxylation is 2. The van der Waals surface area contributed by atoms with Crippen LogP contribution in [-0.4, -0.2) is 31.0 Å². The topological polar surface area (TPSA) is 66.8 Å². The van der Waals surface area contributed by atoms with Gasteiger partial charge in [0.2, 0.25) is 0 Å². The molecule has 0 amide bonds. The second-order valence-electron chi connectivity index (χ2n) is 8.74. The molecule has 0 atom stereocenters. The summed E-state index contributed by atoms with van der Waals surface area (Å²) in [5.41, 5.74) is 5.19. The molecule has 0 saturated heterocycles. The first-order chi connectivity index (χ1) is 17.8. The van der Waals surface area contributed by atoms with Gasteiger partial charge in [0.05, 0.1) is 12.7 Å². The van der Waals surface area contributed by atoms with E-state index in [1.54, 1.807) is 31.4 Å². The van der Waals surface area contributed by atoms with Crippen molar-refractivity contribution in [3.05, 3.63) is 113 Å². The van der Waals surface area contributed by atoms with Crippen molar-refractivity contribution < 1.29 is 19.4 Å². The molecule has 0 fully saturated rings. The molecule has 0 aromatic heterocycles. The predicted octanol–water partition coefficient (Wildman–Crippen LogP) is 7.41. The molecular formula is C31H29NO4S. The van der Waals surface area contributed by atoms with Crippen LogP contribution in [0.3, 0.4) is 0 Å². The molecule has 4 aromatic rings. The Bertz CT molecular complexity index is 1430. The molecule has 5 nitrogen and oxygen atoms in total. The van der Waals surface area contributed by atoms with Crippen LogP contribution in [0.4, 0.5) is 11.4 Å². The number of carbonyl (C=O) groups is 2. The number of nitrogens with zero attached hydrogens (tertiary/aromatic N) is 1. The maximum absolute atomic E-state index is 13.4. The number of hydrogen-bond donors (Lipinski definition) is 1. The summed E-state index contributed by atoms with van der Waals surface area (Å²) in [6.07, 6.45) is 0.989. The van der Waals surface area contributed by atoms with E-state index in [1.165, 1.54) is 23.4 Å². The highest BCUT2D eigenvalue weighted by Gasteiger charge is 2.16. The van der Waals surface area contributed by atoms with E-state index in [0.29, 0.717) is 16.0 Å². The van der Waals surface area contributed by atoms with Crippen molar-refractivity contribution in [1.29, 1.82) is 0 Å². The molecule has 0 radical (unpaired) electrons. The molecule has 0 unspecified atom stereocenters. The Morgan fingerprint density at radius 1 is 0.811 bits per heavy atom. The van der Waals surface area contributed by atoms with Gasteiger partial charge in [-0.25, -0.2) is 4.79 Å². The highest BCUT2D eigenvalue weighted by molar-refractivity contribution is 7.99. The molecule has 0 aliphatic carbocycles. The maximum Gasteiger partial charge on any atom is 0.335 e. The summed E-state index contributed by atoms with van der Waals surface area (Å²) < 4.78 is 5.41. The molecule has 0 aliphatic heterocycles. The number of benzene rings is 4. The van der Waals surface area contributed by atoms with E-state index in [-0.39, 0.29) is 11.3 Å². The number of aromatic carboxylic acids is 1. The molecular weight excluding hydrogens is 482 g/mol. The summed E-state index contributed by atoms with van der Waals surface area (Å²) in [6.45, 7) is 4.09. The van der Waals surface area contributed by atoms with Gasteiger partial charge in [0.1, 0.15) is 5.75 Å². The summed E-state index contributed by atoms with van der Waals surface area (Å²) in [7, 11) is 3.60. The summed E-state index contributed by atoms with van der Waals surface area (Å²) in [5, 5.41) is 9.66. The SMILES string of the molecule is CCc1ccc(N(C)c2ccc(C(=O)c3cc(Sc4ccc(C)c(OC)c4)cc(C(=O)O)c3)cc2)cc1. The van der Waals surface area contributed by atoms with Crippen molar-refractivity contribution in [2.24, 2.45) is 0 Å². The van der Waals surface area contributed by atoms with E-state index >= 15 is 0 Å². The van der Waals surface area contributed by atoms with Crippen LogP contribution >= 0.6 is 11.8 Å². The Kier molecular flexibility index (Phi) is 7.99. The van der Waals surface area contributed by atoms with E-state index in [1.807, 2.05) is 44.3 Å². The molecule has 0 aliphatic rings. The zero-order valence-corrected chi connectivity index (χ0v) is 22.1. The third-order valence-electron chi connectivity index (χ3n) is 6.28. The quantitative estimate of drug-likeness (QED) is 0.236. The molecule has 6 heteroatoms. The van der Waals surface area contributed by atoms with Crippen LogP contribution in [0.2, 0.25) is 0 Å². The number of hydrogen-bond acceptors (Lipinski definition) is 5. The number of methoxy groups -OCH3 is 1. The molecule has 0 heterocycles. The molecule has 4 rings (SSSR count). The number of rotatable bonds is 9. The van der Waals surface area contributed by atoms with Gasteiger partial charge in [0, 0.05) is 39.3 Å². The summed E-state index contributed by atoms with van der Waals surface area (Å²) in [4.78, 5) is 28.8. The molecule has 4 aromatic carbocycles. The van der Waals surface area contributed by atoms with Crippen molar-refractivity contribution in [3.63, 3.8) is 0 Å². The Labute approximate surface area is 221 Å². The zero-order valence-electron chi connectivity index (χ0n) is 21.3. The first-order valence-electron chi connectivity index (χ1n) is 12.0. The minimum atomic E-state index is -1.08. The fourth-order valence-corrected chi connectivity index (χ4v) is 4.97. The van der Waals surface area contributed by atoms with Gasteiger partial charge in [-0.2, -0.15) is 0 Å². The molecule has 37 heavy (non-hydrogen) atoms. The maximum atomic E-state index is 13.4. The van der Waals surface area contributed by atoms with Gasteiger partial charge >= 0.3 is 5.97 Å². The highest BCUT2D eigenvalue weighted by atomic mass is 32.2. The molecule has 1 N–H and O–H groups in total. The van der Waals surface area contributed by atoms with Gasteiger partial charge in [0.25, 0.3) is 0 Å². The average molecular weight is 512 g/mol. The summed E-state index contributed by atoms with van der Waals surface area (Å²) >= 11 is 1.39. The second kappa shape index (κ2) is 11.4. The van der Waals surface area contributed by atoms with Crippen molar-refractivity contribution in [3.8, 4) is 5.75 Å². The Balaban J connectivity index is 1.59. The standard InChI is InChI=1S/C31H29NO4S/c1-5-21-7-11-25(12-8-21)32(3)26-13-9-22(10-14-26)30(33)23-16-24(31(34)35)18-28(17-23)37-27-15-6-20(2)29(19-27)36-4/h6-19H,5H2,1-4H3,(H,34,35). The largest absolute Gasteiger partial charge is 0.496 e. The number of carboxylic acids is 1. The fourth-order valence-electron chi connectivity index (χ4n) is 4.02. The lowest BCUT2D eigenvalue weighted by Gasteiger charge is -2.20. The van der Waals surface area contributed by atoms with Crippen LogP contribution in [0.15, 0.2) is 94.7 Å². The number of carboxylic acid groups (broad SMARTS) is 1. The number of ketones is 1. The Morgan fingerprint density at radius 3 is 2.03 bits per heavy atom. The van der Waals surface area contributed by atoms with Crippen LogP contribution < -0.4 is 9.64 Å². The van der Waals surface area contributed by atoms with Crippen LogP contribution in [0.5, 0.6) is 5.75 Å². The van der Waals surface area contributed by atoms with E-state index in [0.717, 1.165) is 34.0 Å². The molecule has 0 saturated carbocycles. The van der Waals surface area contributed by atoms with Gasteiger partial charge in [0.15, 0.2) is 5.78 Å². The van der Waals surface area contributed by atoms with Crippen LogP contribution in [0, 0.1) is 6.92 Å². The lowest BCUT2D eigenvalue weighted by Crippen LogP contribution is -2.10. The Morgan fingerprint density at radius 2 is 1.43 bits per heavy atom. The van der Waals surface area contributed by atoms with E-state index in [2.05, 4.69) is 36.1 Å². The smallest absolute Gasteiger partial charge is 0.335 e.